The molecule has 2 heterocycles. The Bertz CT molecular complexity index is 1120. The molecule has 0 aliphatic rings. The second kappa shape index (κ2) is 6.37. The molecule has 4 rings (SSSR count). The summed E-state index contributed by atoms with van der Waals surface area (Å²) >= 11 is 1.22. The van der Waals surface area contributed by atoms with Crippen molar-refractivity contribution in [1.29, 1.82) is 0 Å². The van der Waals surface area contributed by atoms with Crippen LogP contribution in [0.5, 0.6) is 0 Å². The van der Waals surface area contributed by atoms with E-state index in [1.165, 1.54) is 23.5 Å². The number of carbonyl (C=O) groups is 1. The molecular formula is C17H10N4O4S. The third kappa shape index (κ3) is 3.03. The molecule has 0 spiro atoms. The maximum Gasteiger partial charge on any atom is 0.322 e. The highest BCUT2D eigenvalue weighted by Gasteiger charge is 2.16. The molecule has 128 valence electrons. The van der Waals surface area contributed by atoms with Crippen LogP contribution in [0.25, 0.3) is 21.5 Å². The predicted molar refractivity (Wildman–Crippen MR) is 96.2 cm³/mol. The van der Waals surface area contributed by atoms with Gasteiger partial charge in [0, 0.05) is 27.8 Å². The summed E-state index contributed by atoms with van der Waals surface area (Å²) in [6.07, 6.45) is 0. The molecule has 0 atom stereocenters. The molecule has 0 aliphatic carbocycles. The summed E-state index contributed by atoms with van der Waals surface area (Å²) < 4.78 is 6.22. The number of non-ortho nitro benzene ring substituents is 1. The maximum absolute atomic E-state index is 12.4. The smallest absolute Gasteiger partial charge is 0.322 e. The lowest BCUT2D eigenvalue weighted by Crippen LogP contribution is -2.10. The molecule has 1 amide bonds. The average molecular weight is 366 g/mol. The summed E-state index contributed by atoms with van der Waals surface area (Å²) in [6, 6.07) is 15.2. The van der Waals surface area contributed by atoms with Crippen LogP contribution in [-0.2, 0) is 0 Å². The summed E-state index contributed by atoms with van der Waals surface area (Å²) in [4.78, 5) is 23.2. The third-order valence-corrected chi connectivity index (χ3v) is 4.72. The van der Waals surface area contributed by atoms with E-state index >= 15 is 0 Å². The molecule has 8 nitrogen and oxygen atoms in total. The Morgan fingerprint density at radius 3 is 2.69 bits per heavy atom. The lowest BCUT2D eigenvalue weighted by molar-refractivity contribution is -0.384. The third-order valence-electron chi connectivity index (χ3n) is 3.60. The van der Waals surface area contributed by atoms with Crippen molar-refractivity contribution in [2.24, 2.45) is 0 Å². The highest BCUT2D eigenvalue weighted by molar-refractivity contribution is 7.20. The first-order valence-electron chi connectivity index (χ1n) is 7.48. The summed E-state index contributed by atoms with van der Waals surface area (Å²) in [7, 11) is 0. The summed E-state index contributed by atoms with van der Waals surface area (Å²) in [5.41, 5.74) is 0.723. The Hall–Kier alpha value is -3.59. The van der Waals surface area contributed by atoms with Crippen LogP contribution in [0.3, 0.4) is 0 Å². The second-order valence-electron chi connectivity index (χ2n) is 5.32. The van der Waals surface area contributed by atoms with Crippen molar-refractivity contribution in [1.82, 2.24) is 10.2 Å². The normalized spacial score (nSPS) is 10.8. The number of amides is 1. The molecule has 4 aromatic rings. The average Bonchev–Trinajstić information content (AvgIpc) is 3.28. The van der Waals surface area contributed by atoms with Crippen molar-refractivity contribution >= 4 is 39.0 Å². The molecule has 0 saturated carbocycles. The van der Waals surface area contributed by atoms with Crippen molar-refractivity contribution in [3.63, 3.8) is 0 Å². The quantitative estimate of drug-likeness (QED) is 0.430. The van der Waals surface area contributed by atoms with Gasteiger partial charge in [-0.25, -0.2) is 0 Å². The Kier molecular flexibility index (Phi) is 3.90. The Morgan fingerprint density at radius 1 is 1.12 bits per heavy atom. The molecule has 26 heavy (non-hydrogen) atoms. The van der Waals surface area contributed by atoms with Crippen molar-refractivity contribution in [3.8, 4) is 11.5 Å². The van der Waals surface area contributed by atoms with E-state index < -0.39 is 10.8 Å². The van der Waals surface area contributed by atoms with Gasteiger partial charge in [0.1, 0.15) is 0 Å². The molecule has 0 unspecified atom stereocenters. The van der Waals surface area contributed by atoms with Crippen molar-refractivity contribution in [2.75, 3.05) is 5.32 Å². The molecule has 0 aliphatic heterocycles. The van der Waals surface area contributed by atoms with Crippen LogP contribution in [0.1, 0.15) is 9.67 Å². The fraction of sp³-hybridized carbons (Fsp3) is 0. The highest BCUT2D eigenvalue weighted by Crippen LogP contribution is 2.29. The molecule has 2 aromatic heterocycles. The van der Waals surface area contributed by atoms with Gasteiger partial charge >= 0.3 is 6.01 Å². The predicted octanol–water partition coefficient (Wildman–Crippen LogP) is 4.11. The lowest BCUT2D eigenvalue weighted by Gasteiger charge is -1.96. The number of anilines is 1. The molecule has 0 fully saturated rings. The van der Waals surface area contributed by atoms with E-state index in [-0.39, 0.29) is 11.7 Å². The fourth-order valence-electron chi connectivity index (χ4n) is 2.39. The van der Waals surface area contributed by atoms with Gasteiger partial charge in [0.15, 0.2) is 0 Å². The minimum Gasteiger partial charge on any atom is -0.403 e. The largest absolute Gasteiger partial charge is 0.403 e. The molecule has 0 bridgehead atoms. The maximum atomic E-state index is 12.4. The van der Waals surface area contributed by atoms with Crippen LogP contribution in [0.4, 0.5) is 11.7 Å². The number of thiophene rings is 1. The first kappa shape index (κ1) is 15.9. The zero-order valence-corrected chi connectivity index (χ0v) is 13.9. The number of nitro benzene ring substituents is 1. The van der Waals surface area contributed by atoms with Crippen LogP contribution >= 0.6 is 11.3 Å². The van der Waals surface area contributed by atoms with Gasteiger partial charge < -0.3 is 4.42 Å². The van der Waals surface area contributed by atoms with Crippen LogP contribution in [0, 0.1) is 10.1 Å². The molecule has 0 radical (unpaired) electrons. The minimum atomic E-state index is -0.472. The number of rotatable bonds is 4. The fourth-order valence-corrected chi connectivity index (χ4v) is 3.32. The van der Waals surface area contributed by atoms with E-state index in [1.807, 2.05) is 30.3 Å². The van der Waals surface area contributed by atoms with Crippen molar-refractivity contribution in [3.05, 3.63) is 69.6 Å². The minimum absolute atomic E-state index is 0.0164. The monoisotopic (exact) mass is 366 g/mol. The van der Waals surface area contributed by atoms with Crippen molar-refractivity contribution in [2.45, 2.75) is 0 Å². The van der Waals surface area contributed by atoms with E-state index in [1.54, 1.807) is 12.1 Å². The van der Waals surface area contributed by atoms with E-state index in [0.717, 1.165) is 10.3 Å². The topological polar surface area (TPSA) is 111 Å². The molecule has 2 aromatic carbocycles. The standard InChI is InChI=1S/C17H10N4O4S/c22-15(14-9-11-8-12(21(23)24)6-7-13(11)26-14)18-17-20-19-16(25-17)10-4-2-1-3-5-10/h1-9H,(H,18,20,22). The number of nitro groups is 1. The first-order valence-corrected chi connectivity index (χ1v) is 8.30. The summed E-state index contributed by atoms with van der Waals surface area (Å²) in [5, 5.41) is 21.7. The number of nitrogens with one attached hydrogen (secondary N) is 1. The number of hydrogen-bond acceptors (Lipinski definition) is 7. The number of nitrogens with zero attached hydrogens (tertiary/aromatic N) is 3. The van der Waals surface area contributed by atoms with E-state index in [2.05, 4.69) is 15.5 Å². The summed E-state index contributed by atoms with van der Waals surface area (Å²) in [6.45, 7) is 0. The van der Waals surface area contributed by atoms with Gasteiger partial charge in [-0.15, -0.1) is 16.4 Å². The number of carbonyl (C=O) groups excluding carboxylic acids is 1. The van der Waals surface area contributed by atoms with E-state index in [4.69, 9.17) is 4.42 Å². The molecule has 1 N–H and O–H groups in total. The zero-order valence-electron chi connectivity index (χ0n) is 13.1. The van der Waals surface area contributed by atoms with E-state index in [9.17, 15) is 14.9 Å². The zero-order chi connectivity index (χ0) is 18.1. The van der Waals surface area contributed by atoms with Crippen LogP contribution in [-0.4, -0.2) is 21.0 Å². The van der Waals surface area contributed by atoms with Gasteiger partial charge in [-0.05, 0) is 24.3 Å². The Balaban J connectivity index is 1.56. The van der Waals surface area contributed by atoms with Gasteiger partial charge in [0.2, 0.25) is 5.89 Å². The highest BCUT2D eigenvalue weighted by atomic mass is 32.1. The van der Waals surface area contributed by atoms with Gasteiger partial charge in [0.25, 0.3) is 11.6 Å². The molecule has 0 saturated heterocycles. The Labute approximate surface area is 150 Å². The second-order valence-corrected chi connectivity index (χ2v) is 6.41. The van der Waals surface area contributed by atoms with Gasteiger partial charge in [0.05, 0.1) is 9.80 Å². The van der Waals surface area contributed by atoms with Gasteiger partial charge in [-0.1, -0.05) is 23.3 Å². The van der Waals surface area contributed by atoms with Crippen LogP contribution in [0.15, 0.2) is 59.0 Å². The lowest BCUT2D eigenvalue weighted by atomic mass is 10.2. The summed E-state index contributed by atoms with van der Waals surface area (Å²) in [5.74, 6) is -0.120. The number of hydrogen-bond donors (Lipinski definition) is 1. The number of aromatic nitrogens is 2. The first-order chi connectivity index (χ1) is 12.6. The molecule has 9 heteroatoms. The van der Waals surface area contributed by atoms with Crippen LogP contribution < -0.4 is 5.32 Å². The number of fused-ring (bicyclic) bond motifs is 1. The van der Waals surface area contributed by atoms with Gasteiger partial charge in [-0.2, -0.15) is 0 Å². The number of benzene rings is 2. The molecular weight excluding hydrogens is 356 g/mol. The van der Waals surface area contributed by atoms with E-state index in [0.29, 0.717) is 16.2 Å². The van der Waals surface area contributed by atoms with Gasteiger partial charge in [-0.3, -0.25) is 20.2 Å². The van der Waals surface area contributed by atoms with Crippen LogP contribution in [0.2, 0.25) is 0 Å². The SMILES string of the molecule is O=C(Nc1nnc(-c2ccccc2)o1)c1cc2cc([N+](=O)[O-])ccc2s1. The Morgan fingerprint density at radius 2 is 1.92 bits per heavy atom. The van der Waals surface area contributed by atoms with Crippen molar-refractivity contribution < 1.29 is 14.1 Å².